The molecule has 6 nitrogen and oxygen atoms in total. The van der Waals surface area contributed by atoms with Crippen LogP contribution in [0.1, 0.15) is 10.5 Å². The van der Waals surface area contributed by atoms with E-state index in [-0.39, 0.29) is 5.91 Å². The maximum absolute atomic E-state index is 12.2. The molecule has 0 spiro atoms. The third-order valence-electron chi connectivity index (χ3n) is 2.59. The monoisotopic (exact) mass is 245 g/mol. The summed E-state index contributed by atoms with van der Waals surface area (Å²) in [5.41, 5.74) is 6.63. The highest BCUT2D eigenvalue weighted by atomic mass is 16.2. The SMILES string of the molecule is CN(C(=O)c1cn(CCN)cn1)c1ccncc1. The van der Waals surface area contributed by atoms with Crippen LogP contribution >= 0.6 is 0 Å². The lowest BCUT2D eigenvalue weighted by molar-refractivity contribution is 0.0988. The van der Waals surface area contributed by atoms with Crippen LogP contribution in [-0.2, 0) is 6.54 Å². The largest absolute Gasteiger partial charge is 0.335 e. The van der Waals surface area contributed by atoms with Crippen LogP contribution < -0.4 is 10.6 Å². The first-order valence-electron chi connectivity index (χ1n) is 5.62. The van der Waals surface area contributed by atoms with Crippen molar-refractivity contribution in [2.75, 3.05) is 18.5 Å². The molecular formula is C12H15N5O. The first-order chi connectivity index (χ1) is 8.72. The van der Waals surface area contributed by atoms with Crippen LogP contribution in [0.25, 0.3) is 0 Å². The normalized spacial score (nSPS) is 10.3. The molecule has 0 aliphatic heterocycles. The highest BCUT2D eigenvalue weighted by molar-refractivity contribution is 6.04. The molecule has 0 unspecified atom stereocenters. The fourth-order valence-corrected chi connectivity index (χ4v) is 1.60. The summed E-state index contributed by atoms with van der Waals surface area (Å²) in [6, 6.07) is 3.55. The number of imidazole rings is 1. The molecule has 1 amide bonds. The van der Waals surface area contributed by atoms with E-state index in [0.717, 1.165) is 5.69 Å². The van der Waals surface area contributed by atoms with Crippen molar-refractivity contribution >= 4 is 11.6 Å². The van der Waals surface area contributed by atoms with Gasteiger partial charge in [-0.3, -0.25) is 9.78 Å². The predicted octanol–water partition coefficient (Wildman–Crippen LogP) is 0.513. The second kappa shape index (κ2) is 5.42. The second-order valence-electron chi connectivity index (χ2n) is 3.85. The van der Waals surface area contributed by atoms with Crippen LogP contribution in [0.5, 0.6) is 0 Å². The summed E-state index contributed by atoms with van der Waals surface area (Å²) < 4.78 is 1.80. The van der Waals surface area contributed by atoms with Gasteiger partial charge in [0.1, 0.15) is 5.69 Å². The van der Waals surface area contributed by atoms with E-state index in [1.165, 1.54) is 4.90 Å². The van der Waals surface area contributed by atoms with Crippen LogP contribution in [0.2, 0.25) is 0 Å². The molecule has 2 heterocycles. The van der Waals surface area contributed by atoms with Gasteiger partial charge in [-0.25, -0.2) is 4.98 Å². The molecule has 0 bridgehead atoms. The van der Waals surface area contributed by atoms with Gasteiger partial charge in [0.25, 0.3) is 5.91 Å². The van der Waals surface area contributed by atoms with Gasteiger partial charge < -0.3 is 15.2 Å². The van der Waals surface area contributed by atoms with Gasteiger partial charge in [0.05, 0.1) is 6.33 Å². The van der Waals surface area contributed by atoms with Crippen molar-refractivity contribution < 1.29 is 4.79 Å². The lowest BCUT2D eigenvalue weighted by atomic mass is 10.3. The van der Waals surface area contributed by atoms with Gasteiger partial charge in [-0.1, -0.05) is 0 Å². The molecular weight excluding hydrogens is 230 g/mol. The molecule has 0 aliphatic rings. The third-order valence-corrected chi connectivity index (χ3v) is 2.59. The zero-order chi connectivity index (χ0) is 13.0. The highest BCUT2D eigenvalue weighted by Crippen LogP contribution is 2.12. The number of anilines is 1. The smallest absolute Gasteiger partial charge is 0.278 e. The van der Waals surface area contributed by atoms with Crippen molar-refractivity contribution in [1.29, 1.82) is 0 Å². The topological polar surface area (TPSA) is 77.0 Å². The zero-order valence-electron chi connectivity index (χ0n) is 10.2. The van der Waals surface area contributed by atoms with Gasteiger partial charge >= 0.3 is 0 Å². The van der Waals surface area contributed by atoms with Gasteiger partial charge in [0.2, 0.25) is 0 Å². The molecule has 2 N–H and O–H groups in total. The van der Waals surface area contributed by atoms with Crippen LogP contribution in [0, 0.1) is 0 Å². The minimum atomic E-state index is -0.156. The van der Waals surface area contributed by atoms with Crippen molar-refractivity contribution in [1.82, 2.24) is 14.5 Å². The zero-order valence-corrected chi connectivity index (χ0v) is 10.2. The molecule has 6 heteroatoms. The summed E-state index contributed by atoms with van der Waals surface area (Å²) in [5, 5.41) is 0. The number of amides is 1. The van der Waals surface area contributed by atoms with Crippen molar-refractivity contribution in [2.24, 2.45) is 5.73 Å². The van der Waals surface area contributed by atoms with Crippen molar-refractivity contribution in [3.05, 3.63) is 42.7 Å². The Morgan fingerprint density at radius 3 is 2.83 bits per heavy atom. The molecule has 0 saturated heterocycles. The minimum absolute atomic E-state index is 0.156. The molecule has 0 aromatic carbocycles. The van der Waals surface area contributed by atoms with Crippen LogP contribution in [0.3, 0.4) is 0 Å². The minimum Gasteiger partial charge on any atom is -0.335 e. The molecule has 2 rings (SSSR count). The highest BCUT2D eigenvalue weighted by Gasteiger charge is 2.15. The van der Waals surface area contributed by atoms with Gasteiger partial charge in [-0.05, 0) is 12.1 Å². The maximum Gasteiger partial charge on any atom is 0.278 e. The van der Waals surface area contributed by atoms with E-state index in [4.69, 9.17) is 5.73 Å². The Morgan fingerprint density at radius 2 is 2.17 bits per heavy atom. The standard InChI is InChI=1S/C12H15N5O/c1-16(10-2-5-14-6-3-10)12(18)11-8-17(7-4-13)9-15-11/h2-3,5-6,8-9H,4,7,13H2,1H3. The first kappa shape index (κ1) is 12.3. The number of hydrogen-bond donors (Lipinski definition) is 1. The maximum atomic E-state index is 12.2. The van der Waals surface area contributed by atoms with Crippen molar-refractivity contribution in [2.45, 2.75) is 6.54 Å². The Balaban J connectivity index is 2.15. The van der Waals surface area contributed by atoms with E-state index >= 15 is 0 Å². The number of rotatable bonds is 4. The lowest BCUT2D eigenvalue weighted by Gasteiger charge is -2.15. The van der Waals surface area contributed by atoms with E-state index in [9.17, 15) is 4.79 Å². The number of carbonyl (C=O) groups excluding carboxylic acids is 1. The summed E-state index contributed by atoms with van der Waals surface area (Å²) in [6.45, 7) is 1.17. The average molecular weight is 245 g/mol. The fourth-order valence-electron chi connectivity index (χ4n) is 1.60. The van der Waals surface area contributed by atoms with E-state index in [1.54, 1.807) is 48.7 Å². The molecule has 0 aliphatic carbocycles. The van der Waals surface area contributed by atoms with E-state index < -0.39 is 0 Å². The predicted molar refractivity (Wildman–Crippen MR) is 68.3 cm³/mol. The summed E-state index contributed by atoms with van der Waals surface area (Å²) in [6.07, 6.45) is 6.60. The quantitative estimate of drug-likeness (QED) is 0.851. The average Bonchev–Trinajstić information content (AvgIpc) is 2.87. The number of aromatic nitrogens is 3. The fraction of sp³-hybridized carbons (Fsp3) is 0.250. The van der Waals surface area contributed by atoms with Crippen LogP contribution in [0.4, 0.5) is 5.69 Å². The Kier molecular flexibility index (Phi) is 3.69. The number of hydrogen-bond acceptors (Lipinski definition) is 4. The van der Waals surface area contributed by atoms with E-state index in [0.29, 0.717) is 18.8 Å². The van der Waals surface area contributed by atoms with Crippen molar-refractivity contribution in [3.8, 4) is 0 Å². The number of nitrogens with two attached hydrogens (primary N) is 1. The lowest BCUT2D eigenvalue weighted by Crippen LogP contribution is -2.26. The number of nitrogens with zero attached hydrogens (tertiary/aromatic N) is 4. The molecule has 2 aromatic heterocycles. The van der Waals surface area contributed by atoms with E-state index in [2.05, 4.69) is 9.97 Å². The molecule has 18 heavy (non-hydrogen) atoms. The van der Waals surface area contributed by atoms with Crippen LogP contribution in [0.15, 0.2) is 37.1 Å². The van der Waals surface area contributed by atoms with Gasteiger partial charge in [-0.2, -0.15) is 0 Å². The molecule has 2 aromatic rings. The Morgan fingerprint density at radius 1 is 1.44 bits per heavy atom. The Labute approximate surface area is 105 Å². The Bertz CT molecular complexity index is 522. The van der Waals surface area contributed by atoms with Gasteiger partial charge in [0.15, 0.2) is 0 Å². The Hall–Kier alpha value is -2.21. The third kappa shape index (κ3) is 2.54. The molecule has 0 radical (unpaired) electrons. The second-order valence-corrected chi connectivity index (χ2v) is 3.85. The van der Waals surface area contributed by atoms with Crippen molar-refractivity contribution in [3.63, 3.8) is 0 Å². The summed E-state index contributed by atoms with van der Waals surface area (Å²) >= 11 is 0. The number of carbonyl (C=O) groups is 1. The number of pyridine rings is 1. The molecule has 0 fully saturated rings. The molecule has 0 atom stereocenters. The molecule has 94 valence electrons. The summed E-state index contributed by atoms with van der Waals surface area (Å²) in [7, 11) is 1.71. The van der Waals surface area contributed by atoms with E-state index in [1.807, 2.05) is 0 Å². The van der Waals surface area contributed by atoms with Crippen LogP contribution in [-0.4, -0.2) is 34.0 Å². The summed E-state index contributed by atoms with van der Waals surface area (Å²) in [5.74, 6) is -0.156. The summed E-state index contributed by atoms with van der Waals surface area (Å²) in [4.78, 5) is 21.7. The molecule has 0 saturated carbocycles. The van der Waals surface area contributed by atoms with Gasteiger partial charge in [0, 0.05) is 44.4 Å². The van der Waals surface area contributed by atoms with Gasteiger partial charge in [-0.15, -0.1) is 0 Å². The first-order valence-corrected chi connectivity index (χ1v) is 5.62.